The van der Waals surface area contributed by atoms with Gasteiger partial charge in [-0.2, -0.15) is 0 Å². The Morgan fingerprint density at radius 1 is 1.32 bits per heavy atom. The van der Waals surface area contributed by atoms with Gasteiger partial charge in [0.1, 0.15) is 5.69 Å². The monoisotopic (exact) mass is 260 g/mol. The highest BCUT2D eigenvalue weighted by atomic mass is 16.4. The number of aromatic carboxylic acids is 1. The van der Waals surface area contributed by atoms with E-state index in [0.717, 1.165) is 10.9 Å². The number of benzene rings is 1. The van der Waals surface area contributed by atoms with Crippen LogP contribution in [0.2, 0.25) is 0 Å². The third-order valence-corrected chi connectivity index (χ3v) is 2.97. The lowest BCUT2D eigenvalue weighted by Crippen LogP contribution is -2.24. The molecule has 0 aliphatic carbocycles. The molecule has 1 aromatic carbocycles. The Morgan fingerprint density at radius 2 is 2.05 bits per heavy atom. The van der Waals surface area contributed by atoms with Crippen LogP contribution in [0, 0.1) is 0 Å². The highest BCUT2D eigenvalue weighted by Crippen LogP contribution is 2.20. The SMILES string of the molecule is CCNC(=O)CCn1c(C(=O)O)cc2ccccc21. The molecule has 0 radical (unpaired) electrons. The predicted molar refractivity (Wildman–Crippen MR) is 72.2 cm³/mol. The maximum Gasteiger partial charge on any atom is 0.352 e. The van der Waals surface area contributed by atoms with Crippen molar-refractivity contribution in [2.45, 2.75) is 19.9 Å². The van der Waals surface area contributed by atoms with Crippen molar-refractivity contribution >= 4 is 22.8 Å². The first-order valence-corrected chi connectivity index (χ1v) is 6.21. The zero-order valence-corrected chi connectivity index (χ0v) is 10.7. The third-order valence-electron chi connectivity index (χ3n) is 2.97. The predicted octanol–water partition coefficient (Wildman–Crippen LogP) is 1.87. The fraction of sp³-hybridized carbons (Fsp3) is 0.286. The molecule has 0 spiro atoms. The van der Waals surface area contributed by atoms with Crippen LogP contribution >= 0.6 is 0 Å². The second-order valence-electron chi connectivity index (χ2n) is 4.25. The second kappa shape index (κ2) is 5.56. The second-order valence-corrected chi connectivity index (χ2v) is 4.25. The highest BCUT2D eigenvalue weighted by molar-refractivity contribution is 5.94. The van der Waals surface area contributed by atoms with E-state index in [9.17, 15) is 14.7 Å². The Morgan fingerprint density at radius 3 is 2.74 bits per heavy atom. The number of para-hydroxylation sites is 1. The van der Waals surface area contributed by atoms with Crippen LogP contribution in [0.5, 0.6) is 0 Å². The van der Waals surface area contributed by atoms with E-state index < -0.39 is 5.97 Å². The maximum absolute atomic E-state index is 11.5. The van der Waals surface area contributed by atoms with Gasteiger partial charge in [-0.05, 0) is 19.1 Å². The molecule has 1 heterocycles. The summed E-state index contributed by atoms with van der Waals surface area (Å²) in [5, 5.41) is 12.8. The summed E-state index contributed by atoms with van der Waals surface area (Å²) in [5.74, 6) is -1.05. The van der Waals surface area contributed by atoms with Crippen LogP contribution in [0.15, 0.2) is 30.3 Å². The minimum Gasteiger partial charge on any atom is -0.477 e. The van der Waals surface area contributed by atoms with Crippen LogP contribution < -0.4 is 5.32 Å². The van der Waals surface area contributed by atoms with E-state index in [-0.39, 0.29) is 18.0 Å². The average molecular weight is 260 g/mol. The number of carboxylic acid groups (broad SMARTS) is 1. The molecule has 0 saturated carbocycles. The van der Waals surface area contributed by atoms with Gasteiger partial charge >= 0.3 is 5.97 Å². The van der Waals surface area contributed by atoms with Crippen LogP contribution in [0.3, 0.4) is 0 Å². The van der Waals surface area contributed by atoms with Crippen molar-refractivity contribution in [2.75, 3.05) is 6.54 Å². The van der Waals surface area contributed by atoms with E-state index in [4.69, 9.17) is 0 Å². The molecule has 19 heavy (non-hydrogen) atoms. The Kier molecular flexibility index (Phi) is 3.85. The number of hydrogen-bond acceptors (Lipinski definition) is 2. The zero-order chi connectivity index (χ0) is 13.8. The smallest absolute Gasteiger partial charge is 0.352 e. The van der Waals surface area contributed by atoms with Crippen molar-refractivity contribution in [3.63, 3.8) is 0 Å². The Labute approximate surface area is 110 Å². The van der Waals surface area contributed by atoms with Gasteiger partial charge in [0.15, 0.2) is 0 Å². The molecule has 2 rings (SSSR count). The molecule has 0 atom stereocenters. The van der Waals surface area contributed by atoms with Gasteiger partial charge in [-0.15, -0.1) is 0 Å². The number of rotatable bonds is 5. The number of fused-ring (bicyclic) bond motifs is 1. The molecule has 0 fully saturated rings. The van der Waals surface area contributed by atoms with E-state index in [1.165, 1.54) is 0 Å². The number of carboxylic acids is 1. The summed E-state index contributed by atoms with van der Waals surface area (Å²) in [6.45, 7) is 2.80. The first kappa shape index (κ1) is 13.1. The summed E-state index contributed by atoms with van der Waals surface area (Å²) < 4.78 is 1.67. The van der Waals surface area contributed by atoms with Crippen LogP contribution in [0.25, 0.3) is 10.9 Å². The molecule has 5 heteroatoms. The molecule has 2 N–H and O–H groups in total. The summed E-state index contributed by atoms with van der Waals surface area (Å²) in [6.07, 6.45) is 0.271. The molecule has 100 valence electrons. The fourth-order valence-electron chi connectivity index (χ4n) is 2.13. The van der Waals surface area contributed by atoms with Crippen molar-refractivity contribution < 1.29 is 14.7 Å². The van der Waals surface area contributed by atoms with Gasteiger partial charge < -0.3 is 15.0 Å². The van der Waals surface area contributed by atoms with Crippen molar-refractivity contribution in [1.29, 1.82) is 0 Å². The van der Waals surface area contributed by atoms with Crippen molar-refractivity contribution in [2.24, 2.45) is 0 Å². The zero-order valence-electron chi connectivity index (χ0n) is 10.7. The number of hydrogen-bond donors (Lipinski definition) is 2. The molecule has 0 aliphatic heterocycles. The van der Waals surface area contributed by atoms with Crippen LogP contribution in [0.1, 0.15) is 23.8 Å². The lowest BCUT2D eigenvalue weighted by atomic mass is 10.2. The first-order chi connectivity index (χ1) is 9.13. The summed E-state index contributed by atoms with van der Waals surface area (Å²) in [6, 6.07) is 9.08. The standard InChI is InChI=1S/C14H16N2O3/c1-2-15-13(17)7-8-16-11-6-4-3-5-10(11)9-12(16)14(18)19/h3-6,9H,2,7-8H2,1H3,(H,15,17)(H,18,19). The van der Waals surface area contributed by atoms with Crippen LogP contribution in [-0.2, 0) is 11.3 Å². The van der Waals surface area contributed by atoms with Gasteiger partial charge in [0.2, 0.25) is 5.91 Å². The quantitative estimate of drug-likeness (QED) is 0.862. The number of nitrogens with zero attached hydrogens (tertiary/aromatic N) is 1. The summed E-state index contributed by atoms with van der Waals surface area (Å²) in [4.78, 5) is 22.7. The first-order valence-electron chi connectivity index (χ1n) is 6.21. The van der Waals surface area contributed by atoms with Gasteiger partial charge in [0, 0.05) is 30.4 Å². The van der Waals surface area contributed by atoms with Gasteiger partial charge in [-0.25, -0.2) is 4.79 Å². The van der Waals surface area contributed by atoms with Gasteiger partial charge in [0.05, 0.1) is 0 Å². The molecule has 1 amide bonds. The average Bonchev–Trinajstić information content (AvgIpc) is 2.75. The fourth-order valence-corrected chi connectivity index (χ4v) is 2.13. The van der Waals surface area contributed by atoms with Crippen LogP contribution in [0.4, 0.5) is 0 Å². The number of carbonyl (C=O) groups excluding carboxylic acids is 1. The van der Waals surface area contributed by atoms with Crippen molar-refractivity contribution in [1.82, 2.24) is 9.88 Å². The topological polar surface area (TPSA) is 71.3 Å². The van der Waals surface area contributed by atoms with E-state index >= 15 is 0 Å². The Balaban J connectivity index is 2.31. The van der Waals surface area contributed by atoms with Gasteiger partial charge in [0.25, 0.3) is 0 Å². The van der Waals surface area contributed by atoms with E-state index in [2.05, 4.69) is 5.32 Å². The third kappa shape index (κ3) is 2.76. The van der Waals surface area contributed by atoms with Gasteiger partial charge in [-0.1, -0.05) is 18.2 Å². The molecular weight excluding hydrogens is 244 g/mol. The lowest BCUT2D eigenvalue weighted by Gasteiger charge is -2.08. The minimum atomic E-state index is -0.980. The minimum absolute atomic E-state index is 0.0726. The number of aromatic nitrogens is 1. The number of aryl methyl sites for hydroxylation is 1. The maximum atomic E-state index is 11.5. The van der Waals surface area contributed by atoms with Crippen LogP contribution in [-0.4, -0.2) is 28.1 Å². The molecular formula is C14H16N2O3. The number of amides is 1. The number of carbonyl (C=O) groups is 2. The molecule has 5 nitrogen and oxygen atoms in total. The van der Waals surface area contributed by atoms with Crippen molar-refractivity contribution in [3.05, 3.63) is 36.0 Å². The highest BCUT2D eigenvalue weighted by Gasteiger charge is 2.14. The van der Waals surface area contributed by atoms with Crippen molar-refractivity contribution in [3.8, 4) is 0 Å². The number of nitrogens with one attached hydrogen (secondary N) is 1. The molecule has 0 aliphatic rings. The van der Waals surface area contributed by atoms with E-state index in [0.29, 0.717) is 13.1 Å². The molecule has 1 aromatic heterocycles. The molecule has 0 unspecified atom stereocenters. The normalized spacial score (nSPS) is 10.6. The van der Waals surface area contributed by atoms with Gasteiger partial charge in [-0.3, -0.25) is 4.79 Å². The largest absolute Gasteiger partial charge is 0.477 e. The van der Waals surface area contributed by atoms with E-state index in [1.54, 1.807) is 10.6 Å². The molecule has 0 bridgehead atoms. The Bertz CT molecular complexity index is 616. The Hall–Kier alpha value is -2.30. The summed E-state index contributed by atoms with van der Waals surface area (Å²) in [5.41, 5.74) is 1.05. The van der Waals surface area contributed by atoms with E-state index in [1.807, 2.05) is 31.2 Å². The lowest BCUT2D eigenvalue weighted by molar-refractivity contribution is -0.121. The molecule has 0 saturated heterocycles. The molecule has 2 aromatic rings. The summed E-state index contributed by atoms with van der Waals surface area (Å²) in [7, 11) is 0. The summed E-state index contributed by atoms with van der Waals surface area (Å²) >= 11 is 0.